The Morgan fingerprint density at radius 3 is 2.64 bits per heavy atom. The summed E-state index contributed by atoms with van der Waals surface area (Å²) in [4.78, 5) is 4.25. The Morgan fingerprint density at radius 1 is 1.23 bits per heavy atom. The number of ether oxygens (including phenoxy) is 1. The van der Waals surface area contributed by atoms with E-state index < -0.39 is 12.2 Å². The summed E-state index contributed by atoms with van der Waals surface area (Å²) in [6, 6.07) is 3.44. The van der Waals surface area contributed by atoms with E-state index in [2.05, 4.69) is 10.3 Å². The molecule has 1 aromatic heterocycles. The van der Waals surface area contributed by atoms with Crippen LogP contribution in [0.15, 0.2) is 12.1 Å². The third-order valence-electron chi connectivity index (χ3n) is 2.90. The van der Waals surface area contributed by atoms with Crippen molar-refractivity contribution in [3.63, 3.8) is 0 Å². The van der Waals surface area contributed by atoms with Gasteiger partial charge in [-0.1, -0.05) is 11.3 Å². The summed E-state index contributed by atoms with van der Waals surface area (Å²) < 4.78 is 6.07. The van der Waals surface area contributed by atoms with Crippen LogP contribution in [0.2, 0.25) is 0 Å². The normalized spacial score (nSPS) is 14.0. The molecule has 0 fully saturated rings. The fourth-order valence-electron chi connectivity index (χ4n) is 1.72. The molecule has 9 heteroatoms. The highest BCUT2D eigenvalue weighted by Crippen LogP contribution is 2.36. The van der Waals surface area contributed by atoms with E-state index in [1.165, 1.54) is 11.3 Å². The van der Waals surface area contributed by atoms with E-state index in [0.29, 0.717) is 22.1 Å². The molecule has 0 aliphatic rings. The maximum Gasteiger partial charge on any atom is 0.274 e. The Bertz CT molecular complexity index is 621. The van der Waals surface area contributed by atoms with Crippen molar-refractivity contribution in [1.29, 1.82) is 0 Å². The molecule has 0 saturated heterocycles. The van der Waals surface area contributed by atoms with Gasteiger partial charge in [-0.25, -0.2) is 4.98 Å². The summed E-state index contributed by atoms with van der Waals surface area (Å²) in [5, 5.41) is 39.6. The maximum absolute atomic E-state index is 9.40. The lowest BCUT2D eigenvalue weighted by Gasteiger charge is -2.11. The first kappa shape index (κ1) is 16.7. The number of aliphatic hydroxyl groups excluding tert-OH is 4. The summed E-state index contributed by atoms with van der Waals surface area (Å²) in [6.45, 7) is -0.602. The van der Waals surface area contributed by atoms with Crippen LogP contribution in [-0.4, -0.2) is 64.0 Å². The highest BCUT2D eigenvalue weighted by atomic mass is 32.1. The number of thiazole rings is 1. The molecular weight excluding hydrogens is 310 g/mol. The van der Waals surface area contributed by atoms with E-state index >= 15 is 0 Å². The monoisotopic (exact) mass is 329 g/mol. The number of nitrogens with one attached hydrogen (secondary N) is 1. The number of anilines is 2. The highest BCUT2D eigenvalue weighted by Gasteiger charge is 2.14. The first-order valence-corrected chi connectivity index (χ1v) is 7.50. The molecule has 0 amide bonds. The summed E-state index contributed by atoms with van der Waals surface area (Å²) in [5.41, 5.74) is 7.64. The smallest absolute Gasteiger partial charge is 0.274 e. The fraction of sp³-hybridized carbons (Fsp3) is 0.462. The highest BCUT2D eigenvalue weighted by molar-refractivity contribution is 7.21. The van der Waals surface area contributed by atoms with Crippen molar-refractivity contribution < 1.29 is 25.2 Å². The van der Waals surface area contributed by atoms with Crippen molar-refractivity contribution in [1.82, 2.24) is 4.98 Å². The van der Waals surface area contributed by atoms with Crippen LogP contribution in [0.3, 0.4) is 0 Å². The molecule has 1 heterocycles. The second kappa shape index (κ2) is 7.56. The van der Waals surface area contributed by atoms with E-state index in [9.17, 15) is 10.2 Å². The number of benzene rings is 1. The van der Waals surface area contributed by atoms with Crippen LogP contribution >= 0.6 is 11.3 Å². The Hall–Kier alpha value is -1.65. The Labute approximate surface area is 130 Å². The molecule has 2 unspecified atom stereocenters. The van der Waals surface area contributed by atoms with E-state index in [0.717, 1.165) is 4.70 Å². The molecule has 0 radical (unpaired) electrons. The maximum atomic E-state index is 9.40. The topological polar surface area (TPSA) is 141 Å². The van der Waals surface area contributed by atoms with Gasteiger partial charge in [0.15, 0.2) is 0 Å². The van der Waals surface area contributed by atoms with Gasteiger partial charge >= 0.3 is 0 Å². The minimum atomic E-state index is -0.971. The van der Waals surface area contributed by atoms with Gasteiger partial charge in [0.05, 0.1) is 35.4 Å². The lowest BCUT2D eigenvalue weighted by Crippen LogP contribution is -2.22. The SMILES string of the molecule is Nc1ccc(NCC(O)CO)c2sc(OCC(O)CO)nc12. The molecule has 7 N–H and O–H groups in total. The van der Waals surface area contributed by atoms with Crippen LogP contribution in [0.1, 0.15) is 0 Å². The lowest BCUT2D eigenvalue weighted by atomic mass is 10.2. The Morgan fingerprint density at radius 2 is 1.95 bits per heavy atom. The van der Waals surface area contributed by atoms with E-state index in [-0.39, 0.29) is 26.4 Å². The fourth-order valence-corrected chi connectivity index (χ4v) is 2.67. The van der Waals surface area contributed by atoms with Crippen LogP contribution in [0.25, 0.3) is 10.2 Å². The minimum absolute atomic E-state index is 0.0672. The number of nitrogens with two attached hydrogens (primary N) is 1. The predicted octanol–water partition coefficient (Wildman–Crippen LogP) is -0.624. The number of fused-ring (bicyclic) bond motifs is 1. The average molecular weight is 329 g/mol. The van der Waals surface area contributed by atoms with E-state index in [1.54, 1.807) is 12.1 Å². The molecule has 0 aliphatic heterocycles. The van der Waals surface area contributed by atoms with Crippen LogP contribution in [0.4, 0.5) is 11.4 Å². The summed E-state index contributed by atoms with van der Waals surface area (Å²) in [5.74, 6) is 0. The summed E-state index contributed by atoms with van der Waals surface area (Å²) in [7, 11) is 0. The second-order valence-electron chi connectivity index (χ2n) is 4.72. The zero-order valence-corrected chi connectivity index (χ0v) is 12.6. The first-order chi connectivity index (χ1) is 10.5. The van der Waals surface area contributed by atoms with Crippen LogP contribution in [0, 0.1) is 0 Å². The largest absolute Gasteiger partial charge is 0.467 e. The second-order valence-corrected chi connectivity index (χ2v) is 5.69. The number of hydrogen-bond donors (Lipinski definition) is 6. The Kier molecular flexibility index (Phi) is 5.75. The molecule has 0 bridgehead atoms. The zero-order valence-electron chi connectivity index (χ0n) is 11.8. The van der Waals surface area contributed by atoms with Crippen molar-refractivity contribution in [3.05, 3.63) is 12.1 Å². The van der Waals surface area contributed by atoms with Crippen molar-refractivity contribution in [2.45, 2.75) is 12.2 Å². The van der Waals surface area contributed by atoms with E-state index in [1.807, 2.05) is 0 Å². The molecule has 8 nitrogen and oxygen atoms in total. The van der Waals surface area contributed by atoms with Crippen LogP contribution in [-0.2, 0) is 0 Å². The van der Waals surface area contributed by atoms with E-state index in [4.69, 9.17) is 20.7 Å². The van der Waals surface area contributed by atoms with Gasteiger partial charge in [-0.2, -0.15) is 0 Å². The van der Waals surface area contributed by atoms with Gasteiger partial charge in [0, 0.05) is 6.54 Å². The number of aliphatic hydroxyl groups is 4. The quantitative estimate of drug-likeness (QED) is 0.352. The van der Waals surface area contributed by atoms with Gasteiger partial charge in [-0.3, -0.25) is 0 Å². The molecule has 122 valence electrons. The third-order valence-corrected chi connectivity index (χ3v) is 3.91. The average Bonchev–Trinajstić information content (AvgIpc) is 2.96. The zero-order chi connectivity index (χ0) is 16.1. The van der Waals surface area contributed by atoms with Gasteiger partial charge < -0.3 is 36.2 Å². The molecule has 1 aromatic carbocycles. The standard InChI is InChI=1S/C13H19N3O5S/c14-9-1-2-10(15-3-7(19)4-17)12-11(9)16-13(22-12)21-6-8(20)5-18/h1-2,7-8,15,17-20H,3-6,14H2. The van der Waals surface area contributed by atoms with Crippen molar-refractivity contribution in [3.8, 4) is 5.19 Å². The minimum Gasteiger partial charge on any atom is -0.467 e. The summed E-state index contributed by atoms with van der Waals surface area (Å²) >= 11 is 1.24. The van der Waals surface area contributed by atoms with Gasteiger partial charge in [0.25, 0.3) is 5.19 Å². The molecule has 0 aliphatic carbocycles. The molecule has 2 rings (SSSR count). The number of rotatable bonds is 8. The number of aromatic nitrogens is 1. The lowest BCUT2D eigenvalue weighted by molar-refractivity contribution is 0.0536. The van der Waals surface area contributed by atoms with Gasteiger partial charge in [0.2, 0.25) is 0 Å². The molecule has 0 spiro atoms. The van der Waals surface area contributed by atoms with Crippen molar-refractivity contribution in [2.75, 3.05) is 37.4 Å². The Balaban J connectivity index is 2.19. The number of nitrogen functional groups attached to an aromatic ring is 1. The first-order valence-electron chi connectivity index (χ1n) is 6.68. The van der Waals surface area contributed by atoms with Crippen molar-refractivity contribution >= 4 is 32.9 Å². The number of hydrogen-bond acceptors (Lipinski definition) is 9. The molecule has 0 saturated carbocycles. The van der Waals surface area contributed by atoms with Crippen LogP contribution in [0.5, 0.6) is 5.19 Å². The van der Waals surface area contributed by atoms with Gasteiger partial charge in [-0.05, 0) is 12.1 Å². The third kappa shape index (κ3) is 3.96. The molecular formula is C13H19N3O5S. The van der Waals surface area contributed by atoms with Gasteiger partial charge in [0.1, 0.15) is 18.2 Å². The van der Waals surface area contributed by atoms with Crippen molar-refractivity contribution in [2.24, 2.45) is 0 Å². The van der Waals surface area contributed by atoms with Crippen LogP contribution < -0.4 is 15.8 Å². The molecule has 22 heavy (non-hydrogen) atoms. The molecule has 2 atom stereocenters. The van der Waals surface area contributed by atoms with Gasteiger partial charge in [-0.15, -0.1) is 0 Å². The summed E-state index contributed by atoms with van der Waals surface area (Å²) in [6.07, 6.45) is -1.84. The predicted molar refractivity (Wildman–Crippen MR) is 84.2 cm³/mol. The number of nitrogens with zero attached hydrogens (tertiary/aromatic N) is 1. The molecule has 2 aromatic rings.